The van der Waals surface area contributed by atoms with Gasteiger partial charge in [-0.1, -0.05) is 0 Å². The van der Waals surface area contributed by atoms with E-state index in [9.17, 15) is 9.59 Å². The smallest absolute Gasteiger partial charge is 0.308 e. The molecular weight excluding hydrogens is 222 g/mol. The lowest BCUT2D eigenvalue weighted by molar-refractivity contribution is -0.147. The third-order valence-corrected chi connectivity index (χ3v) is 3.40. The monoisotopic (exact) mass is 241 g/mol. The third kappa shape index (κ3) is 3.70. The lowest BCUT2D eigenvalue weighted by Gasteiger charge is -2.30. The van der Waals surface area contributed by atoms with E-state index >= 15 is 0 Å². The van der Waals surface area contributed by atoms with Crippen LogP contribution in [0.1, 0.15) is 25.7 Å². The molecule has 96 valence electrons. The summed E-state index contributed by atoms with van der Waals surface area (Å²) in [6.45, 7) is 1.77. The molecule has 17 heavy (non-hydrogen) atoms. The first kappa shape index (κ1) is 12.4. The number of ether oxygens (including phenoxy) is 1. The summed E-state index contributed by atoms with van der Waals surface area (Å²) in [6.07, 6.45) is 3.85. The van der Waals surface area contributed by atoms with Crippen molar-refractivity contribution in [3.05, 3.63) is 0 Å². The van der Waals surface area contributed by atoms with E-state index < -0.39 is 11.9 Å². The van der Waals surface area contributed by atoms with Crippen molar-refractivity contribution in [2.24, 2.45) is 11.8 Å². The largest absolute Gasteiger partial charge is 0.481 e. The van der Waals surface area contributed by atoms with Crippen LogP contribution in [0.3, 0.4) is 0 Å². The molecule has 0 bridgehead atoms. The van der Waals surface area contributed by atoms with Crippen molar-refractivity contribution in [1.29, 1.82) is 0 Å². The second-order valence-corrected chi connectivity index (χ2v) is 4.98. The number of hydrogen-bond acceptors (Lipinski definition) is 3. The molecule has 1 N–H and O–H groups in total. The predicted molar refractivity (Wildman–Crippen MR) is 60.5 cm³/mol. The summed E-state index contributed by atoms with van der Waals surface area (Å²) in [5, 5.41) is 8.93. The van der Waals surface area contributed by atoms with Gasteiger partial charge in [0, 0.05) is 13.1 Å². The second kappa shape index (κ2) is 5.49. The Morgan fingerprint density at radius 3 is 2.71 bits per heavy atom. The van der Waals surface area contributed by atoms with Crippen molar-refractivity contribution in [3.63, 3.8) is 0 Å². The van der Waals surface area contributed by atoms with Crippen LogP contribution in [0.5, 0.6) is 0 Å². The average Bonchev–Trinajstić information content (AvgIpc) is 3.13. The molecule has 1 saturated heterocycles. The number of carboxylic acids is 1. The minimum Gasteiger partial charge on any atom is -0.481 e. The number of rotatable bonds is 5. The van der Waals surface area contributed by atoms with Gasteiger partial charge in [0.05, 0.1) is 12.5 Å². The molecule has 0 radical (unpaired) electrons. The van der Waals surface area contributed by atoms with Crippen LogP contribution in [0.4, 0.5) is 0 Å². The van der Waals surface area contributed by atoms with Crippen molar-refractivity contribution >= 4 is 11.9 Å². The standard InChI is InChI=1S/C12H19NO4/c14-11(8-17-7-9-3-4-9)13-5-1-2-10(6-13)12(15)16/h9-10H,1-8H2,(H,15,16). The third-order valence-electron chi connectivity index (χ3n) is 3.40. The Hall–Kier alpha value is -1.10. The van der Waals surface area contributed by atoms with Gasteiger partial charge < -0.3 is 14.7 Å². The van der Waals surface area contributed by atoms with Crippen molar-refractivity contribution in [1.82, 2.24) is 4.90 Å². The molecule has 1 amide bonds. The average molecular weight is 241 g/mol. The van der Waals surface area contributed by atoms with Crippen molar-refractivity contribution in [3.8, 4) is 0 Å². The fraction of sp³-hybridized carbons (Fsp3) is 0.833. The zero-order valence-electron chi connectivity index (χ0n) is 9.93. The van der Waals surface area contributed by atoms with Crippen LogP contribution in [0.15, 0.2) is 0 Å². The summed E-state index contributed by atoms with van der Waals surface area (Å²) < 4.78 is 5.33. The van der Waals surface area contributed by atoms with E-state index in [4.69, 9.17) is 9.84 Å². The number of aliphatic carboxylic acids is 1. The van der Waals surface area contributed by atoms with E-state index in [0.29, 0.717) is 32.0 Å². The molecule has 0 aromatic rings. The molecule has 0 aromatic carbocycles. The van der Waals surface area contributed by atoms with E-state index in [0.717, 1.165) is 6.42 Å². The van der Waals surface area contributed by atoms with Crippen LogP contribution in [0.25, 0.3) is 0 Å². The van der Waals surface area contributed by atoms with Crippen molar-refractivity contribution in [2.75, 3.05) is 26.3 Å². The number of hydrogen-bond donors (Lipinski definition) is 1. The number of amides is 1. The first-order chi connectivity index (χ1) is 8.16. The van der Waals surface area contributed by atoms with Crippen LogP contribution in [0.2, 0.25) is 0 Å². The summed E-state index contributed by atoms with van der Waals surface area (Å²) >= 11 is 0. The van der Waals surface area contributed by atoms with Crippen LogP contribution in [-0.2, 0) is 14.3 Å². The molecule has 5 nitrogen and oxygen atoms in total. The van der Waals surface area contributed by atoms with Gasteiger partial charge in [-0.25, -0.2) is 0 Å². The maximum Gasteiger partial charge on any atom is 0.308 e. The summed E-state index contributed by atoms with van der Waals surface area (Å²) in [4.78, 5) is 24.3. The Morgan fingerprint density at radius 1 is 1.29 bits per heavy atom. The molecule has 1 aliphatic carbocycles. The summed E-state index contributed by atoms with van der Waals surface area (Å²) in [5.74, 6) is -0.634. The Labute approximate surface area is 101 Å². The van der Waals surface area contributed by atoms with Gasteiger partial charge in [-0.05, 0) is 31.6 Å². The fourth-order valence-corrected chi connectivity index (χ4v) is 2.09. The quantitative estimate of drug-likeness (QED) is 0.770. The van der Waals surface area contributed by atoms with Gasteiger partial charge in [-0.15, -0.1) is 0 Å². The molecule has 1 saturated carbocycles. The minimum atomic E-state index is -0.804. The Balaban J connectivity index is 1.71. The first-order valence-electron chi connectivity index (χ1n) is 6.25. The minimum absolute atomic E-state index is 0.0726. The van der Waals surface area contributed by atoms with Crippen LogP contribution < -0.4 is 0 Å². The van der Waals surface area contributed by atoms with Crippen molar-refractivity contribution < 1.29 is 19.4 Å². The second-order valence-electron chi connectivity index (χ2n) is 4.98. The lowest BCUT2D eigenvalue weighted by Crippen LogP contribution is -2.43. The topological polar surface area (TPSA) is 66.8 Å². The number of carboxylic acid groups (broad SMARTS) is 1. The highest BCUT2D eigenvalue weighted by atomic mass is 16.5. The highest BCUT2D eigenvalue weighted by Crippen LogP contribution is 2.28. The van der Waals surface area contributed by atoms with E-state index in [1.807, 2.05) is 0 Å². The normalized spacial score (nSPS) is 24.7. The maximum absolute atomic E-state index is 11.8. The number of carbonyl (C=O) groups is 2. The van der Waals surface area contributed by atoms with Gasteiger partial charge in [0.2, 0.25) is 5.91 Å². The van der Waals surface area contributed by atoms with E-state index in [-0.39, 0.29) is 12.5 Å². The van der Waals surface area contributed by atoms with Crippen LogP contribution >= 0.6 is 0 Å². The number of piperidine rings is 1. The Kier molecular flexibility index (Phi) is 3.99. The number of carbonyl (C=O) groups excluding carboxylic acids is 1. The highest BCUT2D eigenvalue weighted by Gasteiger charge is 2.28. The summed E-state index contributed by atoms with van der Waals surface area (Å²) in [5.41, 5.74) is 0. The fourth-order valence-electron chi connectivity index (χ4n) is 2.09. The molecule has 1 unspecified atom stereocenters. The lowest BCUT2D eigenvalue weighted by atomic mass is 9.98. The van der Waals surface area contributed by atoms with Gasteiger partial charge in [0.25, 0.3) is 0 Å². The van der Waals surface area contributed by atoms with Crippen LogP contribution in [0, 0.1) is 11.8 Å². The SMILES string of the molecule is O=C(O)C1CCCN(C(=O)COCC2CC2)C1. The molecule has 1 atom stereocenters. The molecule has 2 rings (SSSR count). The van der Waals surface area contributed by atoms with E-state index in [2.05, 4.69) is 0 Å². The van der Waals surface area contributed by atoms with E-state index in [1.165, 1.54) is 12.8 Å². The van der Waals surface area contributed by atoms with E-state index in [1.54, 1.807) is 4.90 Å². The molecule has 1 heterocycles. The number of likely N-dealkylation sites (tertiary alicyclic amines) is 1. The molecule has 5 heteroatoms. The maximum atomic E-state index is 11.8. The molecule has 0 aromatic heterocycles. The van der Waals surface area contributed by atoms with Gasteiger partial charge >= 0.3 is 5.97 Å². The molecular formula is C12H19NO4. The number of nitrogens with zero attached hydrogens (tertiary/aromatic N) is 1. The van der Waals surface area contributed by atoms with Gasteiger partial charge in [0.1, 0.15) is 6.61 Å². The zero-order chi connectivity index (χ0) is 12.3. The molecule has 0 spiro atoms. The first-order valence-corrected chi connectivity index (χ1v) is 6.25. The molecule has 1 aliphatic heterocycles. The Morgan fingerprint density at radius 2 is 2.06 bits per heavy atom. The van der Waals surface area contributed by atoms with Gasteiger partial charge in [-0.2, -0.15) is 0 Å². The van der Waals surface area contributed by atoms with Crippen molar-refractivity contribution in [2.45, 2.75) is 25.7 Å². The van der Waals surface area contributed by atoms with Gasteiger partial charge in [-0.3, -0.25) is 9.59 Å². The molecule has 2 aliphatic rings. The van der Waals surface area contributed by atoms with Crippen LogP contribution in [-0.4, -0.2) is 48.2 Å². The zero-order valence-corrected chi connectivity index (χ0v) is 9.93. The highest BCUT2D eigenvalue weighted by molar-refractivity contribution is 5.79. The predicted octanol–water partition coefficient (Wildman–Crippen LogP) is 0.736. The van der Waals surface area contributed by atoms with Gasteiger partial charge in [0.15, 0.2) is 0 Å². The Bertz CT molecular complexity index is 301. The molecule has 2 fully saturated rings. The summed E-state index contributed by atoms with van der Waals surface area (Å²) in [7, 11) is 0. The summed E-state index contributed by atoms with van der Waals surface area (Å²) in [6, 6.07) is 0.